The summed E-state index contributed by atoms with van der Waals surface area (Å²) in [4.78, 5) is 13.0. The van der Waals surface area contributed by atoms with Crippen molar-refractivity contribution in [2.75, 3.05) is 4.90 Å². The Bertz CT molecular complexity index is 2770. The average Bonchev–Trinajstić information content (AvgIpc) is 3.62. The van der Waals surface area contributed by atoms with Crippen LogP contribution in [0, 0.1) is 0 Å². The zero-order chi connectivity index (χ0) is 34.4. The minimum atomic E-state index is -0.122. The Labute approximate surface area is 302 Å². The molecule has 0 fully saturated rings. The third-order valence-electron chi connectivity index (χ3n) is 10.2. The van der Waals surface area contributed by atoms with Crippen LogP contribution in [0.3, 0.4) is 0 Å². The molecular weight excluding hydrogens is 635 g/mol. The van der Waals surface area contributed by atoms with Gasteiger partial charge in [-0.1, -0.05) is 140 Å². The molecule has 1 aliphatic carbocycles. The number of rotatable bonds is 6. The van der Waals surface area contributed by atoms with E-state index in [0.29, 0.717) is 6.42 Å². The second kappa shape index (κ2) is 12.5. The van der Waals surface area contributed by atoms with Crippen LogP contribution in [0.5, 0.6) is 0 Å². The minimum Gasteiger partial charge on any atom is -0.458 e. The molecule has 0 amide bonds. The summed E-state index contributed by atoms with van der Waals surface area (Å²) in [6, 6.07) is 61.5. The van der Waals surface area contributed by atoms with Gasteiger partial charge in [0.1, 0.15) is 11.3 Å². The van der Waals surface area contributed by atoms with Gasteiger partial charge in [0.15, 0.2) is 0 Å². The first-order chi connectivity index (χ1) is 25.8. The van der Waals surface area contributed by atoms with Gasteiger partial charge >= 0.3 is 0 Å². The molecule has 4 heteroatoms. The third-order valence-corrected chi connectivity index (χ3v) is 10.2. The average molecular weight is 668 g/mol. The monoisotopic (exact) mass is 667 g/mol. The first kappa shape index (κ1) is 30.1. The van der Waals surface area contributed by atoms with E-state index in [4.69, 9.17) is 14.4 Å². The van der Waals surface area contributed by atoms with Crippen molar-refractivity contribution >= 4 is 49.7 Å². The predicted octanol–water partition coefficient (Wildman–Crippen LogP) is 12.6. The lowest BCUT2D eigenvalue weighted by molar-refractivity contribution is 0.487. The van der Waals surface area contributed by atoms with E-state index >= 15 is 0 Å². The Morgan fingerprint density at radius 1 is 0.500 bits per heavy atom. The molecule has 0 aliphatic heterocycles. The van der Waals surface area contributed by atoms with E-state index in [1.54, 1.807) is 0 Å². The van der Waals surface area contributed by atoms with Crippen LogP contribution in [0.1, 0.15) is 29.5 Å². The Morgan fingerprint density at radius 2 is 1.10 bits per heavy atom. The van der Waals surface area contributed by atoms with Gasteiger partial charge in [0.05, 0.1) is 28.5 Å². The van der Waals surface area contributed by atoms with Gasteiger partial charge in [-0.25, -0.2) is 9.97 Å². The molecule has 246 valence electrons. The molecule has 0 spiro atoms. The van der Waals surface area contributed by atoms with Gasteiger partial charge in [-0.05, 0) is 70.8 Å². The maximum absolute atomic E-state index is 6.96. The SMILES string of the molecule is C1=C(c2nc3ccccc3nc2-c2ccccc2)c2c(oc3ccccc23)C(N(c2ccc(-c3ccccc3)cc2)c2ccc3ccccc3c2)C1. The summed E-state index contributed by atoms with van der Waals surface area (Å²) in [6.45, 7) is 0. The largest absolute Gasteiger partial charge is 0.458 e. The Kier molecular flexibility index (Phi) is 7.24. The van der Waals surface area contributed by atoms with Crippen molar-refractivity contribution in [2.24, 2.45) is 0 Å². The fraction of sp³-hybridized carbons (Fsp3) is 0.0417. The van der Waals surface area contributed by atoms with Gasteiger partial charge in [-0.2, -0.15) is 0 Å². The first-order valence-electron chi connectivity index (χ1n) is 17.8. The van der Waals surface area contributed by atoms with E-state index in [1.807, 2.05) is 36.4 Å². The van der Waals surface area contributed by atoms with Crippen LogP contribution in [0.2, 0.25) is 0 Å². The fourth-order valence-corrected chi connectivity index (χ4v) is 7.72. The summed E-state index contributed by atoms with van der Waals surface area (Å²) < 4.78 is 6.96. The summed E-state index contributed by atoms with van der Waals surface area (Å²) in [5.74, 6) is 0.924. The Morgan fingerprint density at radius 3 is 1.87 bits per heavy atom. The Balaban J connectivity index is 1.18. The maximum Gasteiger partial charge on any atom is 0.136 e. The highest BCUT2D eigenvalue weighted by molar-refractivity contribution is 6.01. The molecule has 52 heavy (non-hydrogen) atoms. The second-order valence-electron chi connectivity index (χ2n) is 13.3. The number of benzene rings is 7. The van der Waals surface area contributed by atoms with E-state index in [1.165, 1.54) is 21.9 Å². The van der Waals surface area contributed by atoms with Crippen molar-refractivity contribution in [1.29, 1.82) is 0 Å². The van der Waals surface area contributed by atoms with Gasteiger partial charge in [0.2, 0.25) is 0 Å². The molecule has 0 saturated heterocycles. The molecule has 0 radical (unpaired) electrons. The zero-order valence-corrected chi connectivity index (χ0v) is 28.4. The van der Waals surface area contributed by atoms with E-state index in [-0.39, 0.29) is 6.04 Å². The van der Waals surface area contributed by atoms with Crippen LogP contribution in [-0.4, -0.2) is 9.97 Å². The number of hydrogen-bond acceptors (Lipinski definition) is 4. The smallest absolute Gasteiger partial charge is 0.136 e. The number of furan rings is 1. The van der Waals surface area contributed by atoms with E-state index in [0.717, 1.165) is 67.2 Å². The molecule has 4 nitrogen and oxygen atoms in total. The van der Waals surface area contributed by atoms with Crippen molar-refractivity contribution in [3.05, 3.63) is 199 Å². The summed E-state index contributed by atoms with van der Waals surface area (Å²) in [6.07, 6.45) is 3.06. The number of hydrogen-bond donors (Lipinski definition) is 0. The van der Waals surface area contributed by atoms with E-state index in [2.05, 4.69) is 151 Å². The molecule has 0 bridgehead atoms. The summed E-state index contributed by atoms with van der Waals surface area (Å²) in [7, 11) is 0. The van der Waals surface area contributed by atoms with Crippen molar-refractivity contribution < 1.29 is 4.42 Å². The lowest BCUT2D eigenvalue weighted by Gasteiger charge is -2.35. The molecule has 1 aliphatic rings. The number of para-hydroxylation sites is 3. The topological polar surface area (TPSA) is 42.2 Å². The first-order valence-corrected chi connectivity index (χ1v) is 17.8. The molecule has 1 atom stereocenters. The molecule has 0 saturated carbocycles. The fourth-order valence-electron chi connectivity index (χ4n) is 7.72. The van der Waals surface area contributed by atoms with Gasteiger partial charge < -0.3 is 9.32 Å². The number of nitrogens with zero attached hydrogens (tertiary/aromatic N) is 3. The standard InChI is InChI=1S/C48H33N3O/c1-3-13-32(14-4-1)34-23-26-37(27-24-34)51(38-28-25-33-15-7-8-18-36(33)31-38)43-30-29-40(45-39-19-9-12-22-44(39)52-48(43)45)47-46(35-16-5-2-6-17-35)49-41-20-10-11-21-42(41)50-47/h1-29,31,43H,30H2. The number of aromatic nitrogens is 2. The maximum atomic E-state index is 6.96. The van der Waals surface area contributed by atoms with Crippen LogP contribution < -0.4 is 4.90 Å². The normalized spacial score (nSPS) is 14.0. The third kappa shape index (κ3) is 5.16. The highest BCUT2D eigenvalue weighted by Crippen LogP contribution is 2.49. The van der Waals surface area contributed by atoms with Crippen molar-refractivity contribution in [1.82, 2.24) is 9.97 Å². The van der Waals surface area contributed by atoms with Crippen LogP contribution in [0.4, 0.5) is 11.4 Å². The predicted molar refractivity (Wildman–Crippen MR) is 214 cm³/mol. The highest BCUT2D eigenvalue weighted by Gasteiger charge is 2.35. The van der Waals surface area contributed by atoms with Gasteiger partial charge in [-0.15, -0.1) is 0 Å². The summed E-state index contributed by atoms with van der Waals surface area (Å²) in [5.41, 5.74) is 12.1. The van der Waals surface area contributed by atoms with Gasteiger partial charge in [0, 0.05) is 33.5 Å². The molecular formula is C48H33N3O. The zero-order valence-electron chi connectivity index (χ0n) is 28.4. The second-order valence-corrected chi connectivity index (χ2v) is 13.3. The quantitative estimate of drug-likeness (QED) is 0.177. The number of anilines is 2. The van der Waals surface area contributed by atoms with Crippen molar-refractivity contribution in [2.45, 2.75) is 12.5 Å². The molecule has 7 aromatic carbocycles. The van der Waals surface area contributed by atoms with Gasteiger partial charge in [0.25, 0.3) is 0 Å². The van der Waals surface area contributed by atoms with Crippen LogP contribution >= 0.6 is 0 Å². The Hall–Kier alpha value is -6.78. The van der Waals surface area contributed by atoms with Crippen molar-refractivity contribution in [3.63, 3.8) is 0 Å². The molecule has 10 rings (SSSR count). The lowest BCUT2D eigenvalue weighted by atomic mass is 9.86. The molecule has 2 heterocycles. The molecule has 0 N–H and O–H groups in total. The van der Waals surface area contributed by atoms with Crippen LogP contribution in [0.15, 0.2) is 186 Å². The summed E-state index contributed by atoms with van der Waals surface area (Å²) in [5, 5.41) is 3.48. The summed E-state index contributed by atoms with van der Waals surface area (Å²) >= 11 is 0. The van der Waals surface area contributed by atoms with E-state index < -0.39 is 0 Å². The highest BCUT2D eigenvalue weighted by atomic mass is 16.3. The number of fused-ring (bicyclic) bond motifs is 5. The van der Waals surface area contributed by atoms with Gasteiger partial charge in [-0.3, -0.25) is 0 Å². The van der Waals surface area contributed by atoms with Crippen LogP contribution in [0.25, 0.3) is 60.7 Å². The van der Waals surface area contributed by atoms with Crippen molar-refractivity contribution in [3.8, 4) is 22.4 Å². The van der Waals surface area contributed by atoms with E-state index in [9.17, 15) is 0 Å². The molecule has 1 unspecified atom stereocenters. The molecule has 2 aromatic heterocycles. The molecule has 9 aromatic rings. The van der Waals surface area contributed by atoms with Crippen LogP contribution in [-0.2, 0) is 0 Å². The lowest BCUT2D eigenvalue weighted by Crippen LogP contribution is -2.26. The minimum absolute atomic E-state index is 0.122.